The first kappa shape index (κ1) is 17.9. The number of carboxylic acids is 1. The number of hydrogen-bond acceptors (Lipinski definition) is 4. The Labute approximate surface area is 125 Å². The molecule has 1 rings (SSSR count). The van der Waals surface area contributed by atoms with Gasteiger partial charge >= 0.3 is 5.97 Å². The summed E-state index contributed by atoms with van der Waals surface area (Å²) < 4.78 is 24.9. The second-order valence-corrected chi connectivity index (χ2v) is 7.54. The van der Waals surface area contributed by atoms with Crippen molar-refractivity contribution in [2.24, 2.45) is 5.92 Å². The zero-order valence-corrected chi connectivity index (χ0v) is 13.4. The topological polar surface area (TPSA) is 104 Å². The van der Waals surface area contributed by atoms with Gasteiger partial charge in [0.1, 0.15) is 0 Å². The van der Waals surface area contributed by atoms with Crippen molar-refractivity contribution in [2.75, 3.05) is 18.8 Å². The molecule has 122 valence electrons. The van der Waals surface area contributed by atoms with Crippen LogP contribution in [0.15, 0.2) is 0 Å². The van der Waals surface area contributed by atoms with E-state index in [0.717, 1.165) is 0 Å². The molecular formula is C13H24N2O5S. The molecule has 8 heteroatoms. The van der Waals surface area contributed by atoms with Crippen molar-refractivity contribution in [3.05, 3.63) is 0 Å². The zero-order valence-electron chi connectivity index (χ0n) is 12.5. The lowest BCUT2D eigenvalue weighted by Gasteiger charge is -2.31. The number of carbonyl (C=O) groups is 2. The number of amides is 1. The Morgan fingerprint density at radius 2 is 1.86 bits per heavy atom. The summed E-state index contributed by atoms with van der Waals surface area (Å²) in [6.07, 6.45) is 1.43. The molecule has 0 saturated carbocycles. The van der Waals surface area contributed by atoms with E-state index in [2.05, 4.69) is 5.32 Å². The SMILES string of the molecule is CCC(CC(=O)O)NC(=O)C1CCN(S(=O)(=O)CC)CC1. The molecule has 7 nitrogen and oxygen atoms in total. The molecule has 1 saturated heterocycles. The first-order valence-electron chi connectivity index (χ1n) is 7.30. The smallest absolute Gasteiger partial charge is 0.305 e. The molecule has 0 radical (unpaired) electrons. The van der Waals surface area contributed by atoms with Crippen LogP contribution in [0.5, 0.6) is 0 Å². The van der Waals surface area contributed by atoms with Crippen molar-refractivity contribution in [3.63, 3.8) is 0 Å². The average molecular weight is 320 g/mol. The lowest BCUT2D eigenvalue weighted by atomic mass is 9.96. The fraction of sp³-hybridized carbons (Fsp3) is 0.846. The van der Waals surface area contributed by atoms with Crippen molar-refractivity contribution < 1.29 is 23.1 Å². The fourth-order valence-corrected chi connectivity index (χ4v) is 3.54. The standard InChI is InChI=1S/C13H24N2O5S/c1-3-11(9-12(16)17)14-13(18)10-5-7-15(8-6-10)21(19,20)4-2/h10-11H,3-9H2,1-2H3,(H,14,18)(H,16,17). The molecule has 0 aromatic carbocycles. The molecule has 1 heterocycles. The molecule has 1 atom stereocenters. The second kappa shape index (κ2) is 7.74. The largest absolute Gasteiger partial charge is 0.481 e. The highest BCUT2D eigenvalue weighted by atomic mass is 32.2. The van der Waals surface area contributed by atoms with E-state index in [-0.39, 0.29) is 30.0 Å². The Bertz CT molecular complexity index is 469. The molecule has 0 aliphatic carbocycles. The van der Waals surface area contributed by atoms with Gasteiger partial charge in [0.05, 0.1) is 12.2 Å². The van der Waals surface area contributed by atoms with Crippen LogP contribution in [0.2, 0.25) is 0 Å². The Morgan fingerprint density at radius 1 is 1.29 bits per heavy atom. The van der Waals surface area contributed by atoms with Crippen LogP contribution in [0.3, 0.4) is 0 Å². The van der Waals surface area contributed by atoms with Crippen LogP contribution in [-0.4, -0.2) is 54.6 Å². The molecule has 0 bridgehead atoms. The van der Waals surface area contributed by atoms with Gasteiger partial charge in [0.2, 0.25) is 15.9 Å². The Morgan fingerprint density at radius 3 is 2.29 bits per heavy atom. The summed E-state index contributed by atoms with van der Waals surface area (Å²) in [7, 11) is -3.19. The maximum Gasteiger partial charge on any atom is 0.305 e. The van der Waals surface area contributed by atoms with Gasteiger partial charge in [0.15, 0.2) is 0 Å². The lowest BCUT2D eigenvalue weighted by molar-refractivity contribution is -0.138. The van der Waals surface area contributed by atoms with Gasteiger partial charge in [0.25, 0.3) is 0 Å². The number of piperidine rings is 1. The van der Waals surface area contributed by atoms with Crippen LogP contribution in [-0.2, 0) is 19.6 Å². The number of carboxylic acid groups (broad SMARTS) is 1. The van der Waals surface area contributed by atoms with Crippen LogP contribution in [0, 0.1) is 5.92 Å². The highest BCUT2D eigenvalue weighted by Gasteiger charge is 2.30. The van der Waals surface area contributed by atoms with Gasteiger partial charge in [-0.25, -0.2) is 12.7 Å². The van der Waals surface area contributed by atoms with Crippen LogP contribution in [0.1, 0.15) is 39.5 Å². The van der Waals surface area contributed by atoms with Gasteiger partial charge in [-0.2, -0.15) is 0 Å². The Hall–Kier alpha value is -1.15. The molecule has 0 aromatic rings. The minimum atomic E-state index is -3.19. The summed E-state index contributed by atoms with van der Waals surface area (Å²) in [4.78, 5) is 22.8. The molecular weight excluding hydrogens is 296 g/mol. The molecule has 1 amide bonds. The fourth-order valence-electron chi connectivity index (χ4n) is 2.41. The predicted octanol–water partition coefficient (Wildman–Crippen LogP) is 0.418. The summed E-state index contributed by atoms with van der Waals surface area (Å²) >= 11 is 0. The normalized spacial score (nSPS) is 19.1. The number of hydrogen-bond donors (Lipinski definition) is 2. The number of sulfonamides is 1. The molecule has 1 fully saturated rings. The molecule has 1 aliphatic rings. The van der Waals surface area contributed by atoms with Gasteiger partial charge in [0, 0.05) is 25.0 Å². The molecule has 0 aromatic heterocycles. The lowest BCUT2D eigenvalue weighted by Crippen LogP contribution is -2.46. The summed E-state index contributed by atoms with van der Waals surface area (Å²) in [5, 5.41) is 11.5. The number of aliphatic carboxylic acids is 1. The van der Waals surface area contributed by atoms with E-state index in [1.807, 2.05) is 6.92 Å². The van der Waals surface area contributed by atoms with Crippen molar-refractivity contribution in [1.29, 1.82) is 0 Å². The van der Waals surface area contributed by atoms with Gasteiger partial charge in [-0.05, 0) is 26.2 Å². The van der Waals surface area contributed by atoms with E-state index >= 15 is 0 Å². The zero-order chi connectivity index (χ0) is 16.0. The Kier molecular flexibility index (Phi) is 6.60. The average Bonchev–Trinajstić information content (AvgIpc) is 2.46. The van der Waals surface area contributed by atoms with E-state index in [0.29, 0.717) is 32.4 Å². The van der Waals surface area contributed by atoms with Crippen molar-refractivity contribution in [3.8, 4) is 0 Å². The van der Waals surface area contributed by atoms with Crippen LogP contribution in [0.4, 0.5) is 0 Å². The maximum atomic E-state index is 12.1. The molecule has 21 heavy (non-hydrogen) atoms. The first-order valence-corrected chi connectivity index (χ1v) is 8.91. The summed E-state index contributed by atoms with van der Waals surface area (Å²) in [6.45, 7) is 4.13. The molecule has 0 spiro atoms. The van der Waals surface area contributed by atoms with E-state index < -0.39 is 16.0 Å². The monoisotopic (exact) mass is 320 g/mol. The van der Waals surface area contributed by atoms with Gasteiger partial charge < -0.3 is 10.4 Å². The molecule has 2 N–H and O–H groups in total. The molecule has 1 aliphatic heterocycles. The highest BCUT2D eigenvalue weighted by Crippen LogP contribution is 2.20. The number of rotatable bonds is 7. The quantitative estimate of drug-likeness (QED) is 0.707. The highest BCUT2D eigenvalue weighted by molar-refractivity contribution is 7.89. The second-order valence-electron chi connectivity index (χ2n) is 5.29. The molecule has 1 unspecified atom stereocenters. The minimum Gasteiger partial charge on any atom is -0.481 e. The van der Waals surface area contributed by atoms with Crippen LogP contribution >= 0.6 is 0 Å². The van der Waals surface area contributed by atoms with Crippen molar-refractivity contribution in [1.82, 2.24) is 9.62 Å². The van der Waals surface area contributed by atoms with Gasteiger partial charge in [-0.3, -0.25) is 9.59 Å². The minimum absolute atomic E-state index is 0.0698. The van der Waals surface area contributed by atoms with E-state index in [9.17, 15) is 18.0 Å². The summed E-state index contributed by atoms with van der Waals surface area (Å²) in [6, 6.07) is -0.368. The van der Waals surface area contributed by atoms with E-state index in [1.54, 1.807) is 6.92 Å². The maximum absolute atomic E-state index is 12.1. The van der Waals surface area contributed by atoms with Crippen LogP contribution < -0.4 is 5.32 Å². The van der Waals surface area contributed by atoms with Gasteiger partial charge in [-0.1, -0.05) is 6.92 Å². The summed E-state index contributed by atoms with van der Waals surface area (Å²) in [5.41, 5.74) is 0. The Balaban J connectivity index is 2.50. The van der Waals surface area contributed by atoms with Crippen LogP contribution in [0.25, 0.3) is 0 Å². The third kappa shape index (κ3) is 5.28. The first-order chi connectivity index (χ1) is 9.80. The number of nitrogens with zero attached hydrogens (tertiary/aromatic N) is 1. The predicted molar refractivity (Wildman–Crippen MR) is 78.2 cm³/mol. The van der Waals surface area contributed by atoms with Crippen molar-refractivity contribution >= 4 is 21.9 Å². The van der Waals surface area contributed by atoms with E-state index in [4.69, 9.17) is 5.11 Å². The van der Waals surface area contributed by atoms with Gasteiger partial charge in [-0.15, -0.1) is 0 Å². The summed E-state index contributed by atoms with van der Waals surface area (Å²) in [5.74, 6) is -1.28. The van der Waals surface area contributed by atoms with Crippen molar-refractivity contribution in [2.45, 2.75) is 45.6 Å². The van der Waals surface area contributed by atoms with E-state index in [1.165, 1.54) is 4.31 Å². The number of nitrogens with one attached hydrogen (secondary N) is 1. The third-order valence-corrected chi connectivity index (χ3v) is 5.72. The number of carbonyl (C=O) groups excluding carboxylic acids is 1. The third-order valence-electron chi connectivity index (χ3n) is 3.84.